The molecule has 1 aromatic heterocycles. The van der Waals surface area contributed by atoms with Crippen LogP contribution in [0.15, 0.2) is 78.9 Å². The van der Waals surface area contributed by atoms with Crippen molar-refractivity contribution in [1.82, 2.24) is 4.98 Å². The van der Waals surface area contributed by atoms with E-state index in [1.165, 1.54) is 27.1 Å². The number of carbonyl (C=O) groups excluding carboxylic acids is 1. The summed E-state index contributed by atoms with van der Waals surface area (Å²) >= 11 is 1.56. The number of anilines is 1. The third kappa shape index (κ3) is 3.23. The van der Waals surface area contributed by atoms with E-state index < -0.39 is 0 Å². The first-order chi connectivity index (χ1) is 13.8. The lowest BCUT2D eigenvalue weighted by molar-refractivity contribution is 0.102. The molecule has 0 saturated carbocycles. The monoisotopic (exact) mass is 382 g/mol. The van der Waals surface area contributed by atoms with Crippen molar-refractivity contribution in [3.63, 3.8) is 0 Å². The molecular weight excluding hydrogens is 364 g/mol. The molecule has 0 unspecified atom stereocenters. The van der Waals surface area contributed by atoms with Gasteiger partial charge in [0, 0.05) is 22.4 Å². The predicted molar refractivity (Wildman–Crippen MR) is 114 cm³/mol. The van der Waals surface area contributed by atoms with Gasteiger partial charge in [0.05, 0.1) is 5.69 Å². The predicted octanol–water partition coefficient (Wildman–Crippen LogP) is 5.56. The highest BCUT2D eigenvalue weighted by Gasteiger charge is 2.23. The van der Waals surface area contributed by atoms with Gasteiger partial charge in [0.1, 0.15) is 0 Å². The SMILES string of the molecule is O=C(Nc1nc2c(s1)Cc1ccccc1-2)c1ccc(Cc2ccccc2)cc1. The number of hydrogen-bond donors (Lipinski definition) is 1. The third-order valence-electron chi connectivity index (χ3n) is 5.01. The van der Waals surface area contributed by atoms with Crippen LogP contribution in [-0.2, 0) is 12.8 Å². The first-order valence-electron chi connectivity index (χ1n) is 9.28. The minimum atomic E-state index is -0.119. The second-order valence-electron chi connectivity index (χ2n) is 6.94. The molecule has 0 saturated heterocycles. The van der Waals surface area contributed by atoms with E-state index in [4.69, 9.17) is 0 Å². The zero-order valence-electron chi connectivity index (χ0n) is 15.2. The molecule has 1 heterocycles. The number of aromatic nitrogens is 1. The Morgan fingerprint density at radius 1 is 0.893 bits per heavy atom. The molecule has 28 heavy (non-hydrogen) atoms. The fourth-order valence-corrected chi connectivity index (χ4v) is 4.58. The summed E-state index contributed by atoms with van der Waals surface area (Å²) in [5.74, 6) is -0.119. The molecule has 3 aromatic carbocycles. The van der Waals surface area contributed by atoms with Crippen molar-refractivity contribution in [2.45, 2.75) is 12.8 Å². The highest BCUT2D eigenvalue weighted by Crippen LogP contribution is 2.40. The minimum absolute atomic E-state index is 0.119. The van der Waals surface area contributed by atoms with E-state index in [1.807, 2.05) is 48.5 Å². The van der Waals surface area contributed by atoms with Crippen LogP contribution in [0.5, 0.6) is 0 Å². The molecule has 0 atom stereocenters. The molecule has 1 amide bonds. The molecule has 136 valence electrons. The van der Waals surface area contributed by atoms with E-state index in [2.05, 4.69) is 40.6 Å². The second kappa shape index (κ2) is 7.06. The molecule has 0 radical (unpaired) electrons. The summed E-state index contributed by atoms with van der Waals surface area (Å²) < 4.78 is 0. The van der Waals surface area contributed by atoms with Gasteiger partial charge in [-0.05, 0) is 35.2 Å². The van der Waals surface area contributed by atoms with E-state index in [0.29, 0.717) is 10.7 Å². The first kappa shape index (κ1) is 16.9. The number of benzene rings is 3. The summed E-state index contributed by atoms with van der Waals surface area (Å²) in [5, 5.41) is 3.62. The van der Waals surface area contributed by atoms with Gasteiger partial charge in [0.15, 0.2) is 5.13 Å². The number of nitrogens with zero attached hydrogens (tertiary/aromatic N) is 1. The standard InChI is InChI=1S/C24H18N2OS/c27-23(18-12-10-17(11-13-18)14-16-6-2-1-3-7-16)26-24-25-22-20-9-5-4-8-19(20)15-21(22)28-24/h1-13H,14-15H2,(H,25,26,27). The van der Waals surface area contributed by atoms with Gasteiger partial charge in [0.25, 0.3) is 5.91 Å². The Hall–Kier alpha value is -3.24. The Bertz CT molecular complexity index is 1150. The average Bonchev–Trinajstić information content (AvgIpc) is 3.26. The van der Waals surface area contributed by atoms with Gasteiger partial charge in [-0.3, -0.25) is 10.1 Å². The van der Waals surface area contributed by atoms with Crippen LogP contribution in [0.1, 0.15) is 31.9 Å². The maximum Gasteiger partial charge on any atom is 0.257 e. The van der Waals surface area contributed by atoms with Crippen molar-refractivity contribution >= 4 is 22.4 Å². The molecule has 3 nitrogen and oxygen atoms in total. The van der Waals surface area contributed by atoms with E-state index in [9.17, 15) is 4.79 Å². The summed E-state index contributed by atoms with van der Waals surface area (Å²) in [6, 6.07) is 26.4. The molecule has 4 heteroatoms. The Labute approximate surface area is 167 Å². The number of rotatable bonds is 4. The summed E-state index contributed by atoms with van der Waals surface area (Å²) in [4.78, 5) is 18.5. The molecular formula is C24H18N2OS. The molecule has 4 aromatic rings. The summed E-state index contributed by atoms with van der Waals surface area (Å²) in [6.07, 6.45) is 1.76. The van der Waals surface area contributed by atoms with Crippen LogP contribution in [0.3, 0.4) is 0 Å². The van der Waals surface area contributed by atoms with Crippen LogP contribution in [0.4, 0.5) is 5.13 Å². The van der Waals surface area contributed by atoms with E-state index in [-0.39, 0.29) is 5.91 Å². The van der Waals surface area contributed by atoms with Crippen molar-refractivity contribution in [3.05, 3.63) is 106 Å². The van der Waals surface area contributed by atoms with Crippen LogP contribution >= 0.6 is 11.3 Å². The molecule has 0 aliphatic heterocycles. The van der Waals surface area contributed by atoms with Gasteiger partial charge in [-0.2, -0.15) is 0 Å². The summed E-state index contributed by atoms with van der Waals surface area (Å²) in [6.45, 7) is 0. The van der Waals surface area contributed by atoms with Gasteiger partial charge < -0.3 is 0 Å². The number of thiazole rings is 1. The number of carbonyl (C=O) groups is 1. The largest absolute Gasteiger partial charge is 0.298 e. The van der Waals surface area contributed by atoms with Gasteiger partial charge in [-0.15, -0.1) is 11.3 Å². The van der Waals surface area contributed by atoms with E-state index in [1.54, 1.807) is 11.3 Å². The Kier molecular flexibility index (Phi) is 4.26. The molecule has 1 N–H and O–H groups in total. The maximum atomic E-state index is 12.6. The smallest absolute Gasteiger partial charge is 0.257 e. The maximum absolute atomic E-state index is 12.6. The fourth-order valence-electron chi connectivity index (χ4n) is 3.59. The quantitative estimate of drug-likeness (QED) is 0.442. The Morgan fingerprint density at radius 2 is 1.61 bits per heavy atom. The molecule has 1 aliphatic carbocycles. The first-order valence-corrected chi connectivity index (χ1v) is 10.1. The van der Waals surface area contributed by atoms with Gasteiger partial charge in [-0.1, -0.05) is 66.7 Å². The highest BCUT2D eigenvalue weighted by molar-refractivity contribution is 7.16. The Balaban J connectivity index is 1.29. The third-order valence-corrected chi connectivity index (χ3v) is 5.98. The summed E-state index contributed by atoms with van der Waals surface area (Å²) in [5.41, 5.74) is 6.59. The van der Waals surface area contributed by atoms with Gasteiger partial charge >= 0.3 is 0 Å². The normalized spacial score (nSPS) is 11.7. The summed E-state index contributed by atoms with van der Waals surface area (Å²) in [7, 11) is 0. The molecule has 0 bridgehead atoms. The van der Waals surface area contributed by atoms with Crippen molar-refractivity contribution in [3.8, 4) is 11.3 Å². The number of amides is 1. The zero-order chi connectivity index (χ0) is 18.9. The van der Waals surface area contributed by atoms with Crippen molar-refractivity contribution in [1.29, 1.82) is 0 Å². The molecule has 5 rings (SSSR count). The van der Waals surface area contributed by atoms with Gasteiger partial charge in [0.2, 0.25) is 0 Å². The Morgan fingerprint density at radius 3 is 2.43 bits per heavy atom. The molecule has 1 aliphatic rings. The van der Waals surface area contributed by atoms with E-state index >= 15 is 0 Å². The molecule has 0 spiro atoms. The number of fused-ring (bicyclic) bond motifs is 3. The molecule has 0 fully saturated rings. The second-order valence-corrected chi connectivity index (χ2v) is 8.02. The topological polar surface area (TPSA) is 42.0 Å². The highest BCUT2D eigenvalue weighted by atomic mass is 32.1. The van der Waals surface area contributed by atoms with Crippen LogP contribution in [0, 0.1) is 0 Å². The average molecular weight is 382 g/mol. The fraction of sp³-hybridized carbons (Fsp3) is 0.0833. The van der Waals surface area contributed by atoms with Crippen LogP contribution in [0.2, 0.25) is 0 Å². The number of nitrogens with one attached hydrogen (secondary N) is 1. The lowest BCUT2D eigenvalue weighted by Crippen LogP contribution is -2.11. The lowest BCUT2D eigenvalue weighted by Gasteiger charge is -2.05. The van der Waals surface area contributed by atoms with Crippen LogP contribution < -0.4 is 5.32 Å². The van der Waals surface area contributed by atoms with Gasteiger partial charge in [-0.25, -0.2) is 4.98 Å². The van der Waals surface area contributed by atoms with E-state index in [0.717, 1.165) is 18.5 Å². The minimum Gasteiger partial charge on any atom is -0.298 e. The van der Waals surface area contributed by atoms with Crippen molar-refractivity contribution in [2.75, 3.05) is 5.32 Å². The zero-order valence-corrected chi connectivity index (χ0v) is 16.0. The van der Waals surface area contributed by atoms with Crippen molar-refractivity contribution in [2.24, 2.45) is 0 Å². The van der Waals surface area contributed by atoms with Crippen LogP contribution in [0.25, 0.3) is 11.3 Å². The van der Waals surface area contributed by atoms with Crippen LogP contribution in [-0.4, -0.2) is 10.9 Å². The lowest BCUT2D eigenvalue weighted by atomic mass is 10.0. The number of hydrogen-bond acceptors (Lipinski definition) is 3. The van der Waals surface area contributed by atoms with Crippen molar-refractivity contribution < 1.29 is 4.79 Å².